The molecule has 1 aromatic carbocycles. The molecule has 0 unspecified atom stereocenters. The Morgan fingerprint density at radius 3 is 2.57 bits per heavy atom. The smallest absolute Gasteiger partial charge is 0.321 e. The van der Waals surface area contributed by atoms with Gasteiger partial charge in [0, 0.05) is 0 Å². The van der Waals surface area contributed by atoms with Crippen LogP contribution in [-0.2, 0) is 15.8 Å². The van der Waals surface area contributed by atoms with Crippen LogP contribution in [0, 0.1) is 0 Å². The maximum Gasteiger partial charge on any atom is 0.321 e. The van der Waals surface area contributed by atoms with Crippen LogP contribution in [0.3, 0.4) is 0 Å². The molecule has 4 nitrogen and oxygen atoms in total. The van der Waals surface area contributed by atoms with Crippen LogP contribution in [0.15, 0.2) is 30.3 Å². The van der Waals surface area contributed by atoms with Crippen molar-refractivity contribution in [1.29, 1.82) is 0 Å². The van der Waals surface area contributed by atoms with E-state index in [0.717, 1.165) is 5.56 Å². The van der Waals surface area contributed by atoms with E-state index in [9.17, 15) is 9.36 Å². The monoisotopic (exact) mass is 211 g/mol. The topological polar surface area (TPSA) is 66.4 Å². The lowest BCUT2D eigenvalue weighted by atomic mass is 10.1. The largest absolute Gasteiger partial charge is 0.480 e. The van der Waals surface area contributed by atoms with Crippen LogP contribution in [0.1, 0.15) is 5.56 Å². The molecular weight excluding hydrogens is 201 g/mol. The molecule has 0 fully saturated rings. The summed E-state index contributed by atoms with van der Waals surface area (Å²) in [6.45, 7) is 0. The van der Waals surface area contributed by atoms with E-state index in [-0.39, 0.29) is 8.61 Å². The SMILES string of the molecule is O=PN[C@@H](Cc1ccccc1)C(=O)O. The van der Waals surface area contributed by atoms with Gasteiger partial charge in [-0.15, -0.1) is 0 Å². The number of aliphatic carboxylic acids is 1. The molecule has 5 heteroatoms. The number of rotatable bonds is 5. The summed E-state index contributed by atoms with van der Waals surface area (Å²) >= 11 is 0. The Morgan fingerprint density at radius 1 is 1.43 bits per heavy atom. The van der Waals surface area contributed by atoms with E-state index >= 15 is 0 Å². The summed E-state index contributed by atoms with van der Waals surface area (Å²) in [5, 5.41) is 11.1. The summed E-state index contributed by atoms with van der Waals surface area (Å²) in [6.07, 6.45) is 0.325. The maximum absolute atomic E-state index is 10.7. The fraction of sp³-hybridized carbons (Fsp3) is 0.222. The van der Waals surface area contributed by atoms with E-state index in [2.05, 4.69) is 5.09 Å². The number of carboxylic acids is 1. The lowest BCUT2D eigenvalue weighted by molar-refractivity contribution is -0.138. The average Bonchev–Trinajstić information content (AvgIpc) is 2.18. The van der Waals surface area contributed by atoms with E-state index in [1.807, 2.05) is 30.3 Å². The third-order valence-electron chi connectivity index (χ3n) is 1.79. The summed E-state index contributed by atoms with van der Waals surface area (Å²) in [5.74, 6) is -1.00. The molecule has 0 bridgehead atoms. The normalized spacial score (nSPS) is 12.6. The Kier molecular flexibility index (Phi) is 4.23. The Morgan fingerprint density at radius 2 is 2.07 bits per heavy atom. The average molecular weight is 211 g/mol. The zero-order valence-corrected chi connectivity index (χ0v) is 8.28. The highest BCUT2D eigenvalue weighted by molar-refractivity contribution is 7.21. The van der Waals surface area contributed by atoms with E-state index in [1.165, 1.54) is 0 Å². The van der Waals surface area contributed by atoms with Gasteiger partial charge in [0.2, 0.25) is 8.61 Å². The zero-order chi connectivity index (χ0) is 10.4. The highest BCUT2D eigenvalue weighted by atomic mass is 31.1. The van der Waals surface area contributed by atoms with Crippen LogP contribution in [0.5, 0.6) is 0 Å². The number of carboxylic acid groups (broad SMARTS) is 1. The third kappa shape index (κ3) is 3.24. The van der Waals surface area contributed by atoms with Crippen LogP contribution in [0.4, 0.5) is 0 Å². The van der Waals surface area contributed by atoms with Gasteiger partial charge in [0.05, 0.1) is 0 Å². The minimum Gasteiger partial charge on any atom is -0.480 e. The molecule has 0 saturated heterocycles. The standard InChI is InChI=1S/C9H10NO3P/c11-9(12)8(10-14-13)6-7-4-2-1-3-5-7/h1-5,8H,6H2,(H,10,13)(H,11,12)/t8-/m0/s1. The molecule has 0 spiro atoms. The first-order chi connectivity index (χ1) is 6.74. The molecule has 2 N–H and O–H groups in total. The Labute approximate surface area is 83.2 Å². The van der Waals surface area contributed by atoms with Gasteiger partial charge in [0.15, 0.2) is 0 Å². The van der Waals surface area contributed by atoms with Gasteiger partial charge in [-0.25, -0.2) is 5.09 Å². The van der Waals surface area contributed by atoms with Crippen molar-refractivity contribution in [1.82, 2.24) is 5.09 Å². The highest BCUT2D eigenvalue weighted by Crippen LogP contribution is 2.05. The second-order valence-electron chi connectivity index (χ2n) is 2.80. The van der Waals surface area contributed by atoms with E-state index in [1.54, 1.807) is 0 Å². The van der Waals surface area contributed by atoms with E-state index in [0.29, 0.717) is 6.42 Å². The van der Waals surface area contributed by atoms with Gasteiger partial charge < -0.3 is 5.11 Å². The maximum atomic E-state index is 10.7. The first-order valence-corrected chi connectivity index (χ1v) is 4.90. The summed E-state index contributed by atoms with van der Waals surface area (Å²) < 4.78 is 10.2. The predicted octanol–water partition coefficient (Wildman–Crippen LogP) is 1.48. The van der Waals surface area contributed by atoms with Gasteiger partial charge >= 0.3 is 5.97 Å². The molecule has 1 rings (SSSR count). The van der Waals surface area contributed by atoms with E-state index < -0.39 is 12.0 Å². The first kappa shape index (κ1) is 10.8. The lowest BCUT2D eigenvalue weighted by Crippen LogP contribution is -2.32. The Bertz CT molecular complexity index is 315. The number of benzene rings is 1. The second-order valence-corrected chi connectivity index (χ2v) is 3.24. The Balaban J connectivity index is 2.64. The summed E-state index contributed by atoms with van der Waals surface area (Å²) in [6, 6.07) is 8.39. The van der Waals surface area contributed by atoms with Crippen molar-refractivity contribution in [2.75, 3.05) is 0 Å². The van der Waals surface area contributed by atoms with Crippen molar-refractivity contribution in [3.05, 3.63) is 35.9 Å². The molecule has 0 aliphatic heterocycles. The van der Waals surface area contributed by atoms with Crippen LogP contribution >= 0.6 is 8.61 Å². The molecule has 0 radical (unpaired) electrons. The molecule has 0 aromatic heterocycles. The molecule has 0 heterocycles. The van der Waals surface area contributed by atoms with Crippen molar-refractivity contribution < 1.29 is 14.5 Å². The summed E-state index contributed by atoms with van der Waals surface area (Å²) in [5.41, 5.74) is 0.899. The number of hydrogen-bond acceptors (Lipinski definition) is 2. The van der Waals surface area contributed by atoms with Crippen LogP contribution in [-0.4, -0.2) is 17.1 Å². The molecule has 74 valence electrons. The predicted molar refractivity (Wildman–Crippen MR) is 52.3 cm³/mol. The molecular formula is C9H10NO3P. The van der Waals surface area contributed by atoms with Crippen LogP contribution in [0.25, 0.3) is 0 Å². The summed E-state index contributed by atoms with van der Waals surface area (Å²) in [7, 11) is -0.361. The fourth-order valence-corrected chi connectivity index (χ4v) is 1.43. The van der Waals surface area contributed by atoms with Crippen molar-refractivity contribution in [3.63, 3.8) is 0 Å². The quantitative estimate of drug-likeness (QED) is 0.724. The van der Waals surface area contributed by atoms with Gasteiger partial charge in [0.1, 0.15) is 6.04 Å². The Hall–Kier alpha value is -1.25. The lowest BCUT2D eigenvalue weighted by Gasteiger charge is -2.08. The molecule has 1 atom stereocenters. The highest BCUT2D eigenvalue weighted by Gasteiger charge is 2.16. The van der Waals surface area contributed by atoms with Crippen molar-refractivity contribution in [2.24, 2.45) is 0 Å². The first-order valence-electron chi connectivity index (χ1n) is 4.08. The number of hydrogen-bond donors (Lipinski definition) is 2. The fourth-order valence-electron chi connectivity index (χ4n) is 1.10. The van der Waals surface area contributed by atoms with Crippen molar-refractivity contribution in [2.45, 2.75) is 12.5 Å². The summed E-state index contributed by atoms with van der Waals surface area (Å²) in [4.78, 5) is 10.7. The van der Waals surface area contributed by atoms with Crippen LogP contribution in [0.2, 0.25) is 0 Å². The zero-order valence-electron chi connectivity index (χ0n) is 7.38. The molecule has 0 aliphatic rings. The molecule has 0 aliphatic carbocycles. The number of carbonyl (C=O) groups is 1. The van der Waals surface area contributed by atoms with E-state index in [4.69, 9.17) is 5.11 Å². The molecule has 14 heavy (non-hydrogen) atoms. The van der Waals surface area contributed by atoms with Gasteiger partial charge in [-0.05, 0) is 12.0 Å². The van der Waals surface area contributed by atoms with Gasteiger partial charge in [-0.1, -0.05) is 30.3 Å². The molecule has 1 aromatic rings. The number of nitrogens with one attached hydrogen (secondary N) is 1. The molecule has 0 amide bonds. The third-order valence-corrected chi connectivity index (χ3v) is 2.21. The van der Waals surface area contributed by atoms with Crippen molar-refractivity contribution in [3.8, 4) is 0 Å². The van der Waals surface area contributed by atoms with Gasteiger partial charge in [-0.2, -0.15) is 0 Å². The minimum absolute atomic E-state index is 0.325. The van der Waals surface area contributed by atoms with Crippen molar-refractivity contribution >= 4 is 14.6 Å². The van der Waals surface area contributed by atoms with Gasteiger partial charge in [0.25, 0.3) is 0 Å². The van der Waals surface area contributed by atoms with Crippen LogP contribution < -0.4 is 5.09 Å². The second kappa shape index (κ2) is 5.47. The minimum atomic E-state index is -1.00. The molecule has 0 saturated carbocycles. The van der Waals surface area contributed by atoms with Gasteiger partial charge in [-0.3, -0.25) is 9.36 Å².